The van der Waals surface area contributed by atoms with Crippen molar-refractivity contribution in [3.05, 3.63) is 63.9 Å². The Morgan fingerprint density at radius 3 is 2.71 bits per heavy atom. The van der Waals surface area contributed by atoms with Gasteiger partial charge in [-0.2, -0.15) is 0 Å². The number of aromatic nitrogens is 1. The van der Waals surface area contributed by atoms with Gasteiger partial charge < -0.3 is 5.11 Å². The summed E-state index contributed by atoms with van der Waals surface area (Å²) in [5.41, 5.74) is 3.46. The van der Waals surface area contributed by atoms with Gasteiger partial charge in [0.1, 0.15) is 6.10 Å². The molecule has 1 aromatic heterocycles. The molecule has 3 heteroatoms. The quantitative estimate of drug-likeness (QED) is 0.882. The Morgan fingerprint density at radius 1 is 1.24 bits per heavy atom. The predicted molar refractivity (Wildman–Crippen MR) is 69.2 cm³/mol. The van der Waals surface area contributed by atoms with Crippen molar-refractivity contribution < 1.29 is 5.11 Å². The SMILES string of the molecule is Cc1cncc(C(O)c2cccc(C)c2Cl)c1. The van der Waals surface area contributed by atoms with E-state index in [1.807, 2.05) is 38.1 Å². The van der Waals surface area contributed by atoms with Gasteiger partial charge in [-0.25, -0.2) is 0 Å². The van der Waals surface area contributed by atoms with Gasteiger partial charge in [-0.3, -0.25) is 4.98 Å². The van der Waals surface area contributed by atoms with Crippen LogP contribution in [-0.4, -0.2) is 10.1 Å². The van der Waals surface area contributed by atoms with E-state index in [-0.39, 0.29) is 0 Å². The number of hydrogen-bond donors (Lipinski definition) is 1. The highest BCUT2D eigenvalue weighted by Gasteiger charge is 2.15. The summed E-state index contributed by atoms with van der Waals surface area (Å²) >= 11 is 6.20. The van der Waals surface area contributed by atoms with E-state index in [1.165, 1.54) is 0 Å². The maximum Gasteiger partial charge on any atom is 0.107 e. The average Bonchev–Trinajstić information content (AvgIpc) is 2.32. The van der Waals surface area contributed by atoms with Gasteiger partial charge in [0, 0.05) is 28.5 Å². The highest BCUT2D eigenvalue weighted by Crippen LogP contribution is 2.30. The number of halogens is 1. The maximum absolute atomic E-state index is 10.3. The van der Waals surface area contributed by atoms with E-state index in [1.54, 1.807) is 12.4 Å². The number of aryl methyl sites for hydroxylation is 2. The largest absolute Gasteiger partial charge is 0.384 e. The van der Waals surface area contributed by atoms with Gasteiger partial charge in [0.25, 0.3) is 0 Å². The molecular formula is C14H14ClNO. The van der Waals surface area contributed by atoms with E-state index in [2.05, 4.69) is 4.98 Å². The van der Waals surface area contributed by atoms with E-state index in [0.29, 0.717) is 5.02 Å². The van der Waals surface area contributed by atoms with Crippen molar-refractivity contribution in [1.82, 2.24) is 4.98 Å². The molecule has 0 aliphatic heterocycles. The van der Waals surface area contributed by atoms with Crippen LogP contribution < -0.4 is 0 Å². The van der Waals surface area contributed by atoms with Crippen molar-refractivity contribution in [3.63, 3.8) is 0 Å². The van der Waals surface area contributed by atoms with Crippen molar-refractivity contribution in [2.24, 2.45) is 0 Å². The molecule has 1 atom stereocenters. The number of aliphatic hydroxyl groups excluding tert-OH is 1. The van der Waals surface area contributed by atoms with E-state index in [9.17, 15) is 5.11 Å². The zero-order valence-electron chi connectivity index (χ0n) is 9.81. The van der Waals surface area contributed by atoms with Crippen molar-refractivity contribution >= 4 is 11.6 Å². The highest BCUT2D eigenvalue weighted by atomic mass is 35.5. The molecule has 0 saturated heterocycles. The van der Waals surface area contributed by atoms with Crippen LogP contribution in [0.1, 0.15) is 28.4 Å². The summed E-state index contributed by atoms with van der Waals surface area (Å²) in [6.45, 7) is 3.87. The monoisotopic (exact) mass is 247 g/mol. The lowest BCUT2D eigenvalue weighted by Crippen LogP contribution is -2.02. The molecule has 0 aliphatic rings. The Kier molecular flexibility index (Phi) is 3.46. The number of nitrogens with zero attached hydrogens (tertiary/aromatic N) is 1. The molecule has 2 rings (SSSR count). The molecular weight excluding hydrogens is 234 g/mol. The van der Waals surface area contributed by atoms with Crippen molar-refractivity contribution in [2.45, 2.75) is 20.0 Å². The Balaban J connectivity index is 2.44. The predicted octanol–water partition coefficient (Wildman–Crippen LogP) is 3.43. The first kappa shape index (κ1) is 12.1. The minimum absolute atomic E-state index is 0.613. The fourth-order valence-corrected chi connectivity index (χ4v) is 2.02. The summed E-state index contributed by atoms with van der Waals surface area (Å²) in [7, 11) is 0. The van der Waals surface area contributed by atoms with Gasteiger partial charge in [-0.15, -0.1) is 0 Å². The third-order valence-corrected chi connectivity index (χ3v) is 3.24. The molecule has 17 heavy (non-hydrogen) atoms. The fourth-order valence-electron chi connectivity index (χ4n) is 1.79. The summed E-state index contributed by atoms with van der Waals surface area (Å²) in [5.74, 6) is 0. The zero-order chi connectivity index (χ0) is 12.4. The Morgan fingerprint density at radius 2 is 2.00 bits per heavy atom. The highest BCUT2D eigenvalue weighted by molar-refractivity contribution is 6.32. The van der Waals surface area contributed by atoms with Crippen LogP contribution in [0.5, 0.6) is 0 Å². The van der Waals surface area contributed by atoms with Gasteiger partial charge in [0.05, 0.1) is 0 Å². The smallest absolute Gasteiger partial charge is 0.107 e. The normalized spacial score (nSPS) is 12.5. The molecule has 0 aliphatic carbocycles. The van der Waals surface area contributed by atoms with Crippen molar-refractivity contribution in [2.75, 3.05) is 0 Å². The van der Waals surface area contributed by atoms with Crippen LogP contribution in [0.2, 0.25) is 5.02 Å². The Hall–Kier alpha value is -1.38. The summed E-state index contributed by atoms with van der Waals surface area (Å²) < 4.78 is 0. The first-order valence-corrected chi connectivity index (χ1v) is 5.82. The van der Waals surface area contributed by atoms with Gasteiger partial charge in [-0.05, 0) is 25.0 Å². The van der Waals surface area contributed by atoms with Gasteiger partial charge in [0.2, 0.25) is 0 Å². The topological polar surface area (TPSA) is 33.1 Å². The fraction of sp³-hybridized carbons (Fsp3) is 0.214. The molecule has 0 bridgehead atoms. The second-order valence-corrected chi connectivity index (χ2v) is 4.55. The second-order valence-electron chi connectivity index (χ2n) is 4.18. The van der Waals surface area contributed by atoms with E-state index in [0.717, 1.165) is 22.3 Å². The molecule has 1 N–H and O–H groups in total. The van der Waals surface area contributed by atoms with Crippen molar-refractivity contribution in [3.8, 4) is 0 Å². The molecule has 0 amide bonds. The standard InChI is InChI=1S/C14H14ClNO/c1-9-6-11(8-16-7-9)14(17)12-5-3-4-10(2)13(12)15/h3-8,14,17H,1-2H3. The van der Waals surface area contributed by atoms with Crippen LogP contribution in [0.25, 0.3) is 0 Å². The molecule has 1 heterocycles. The van der Waals surface area contributed by atoms with E-state index >= 15 is 0 Å². The van der Waals surface area contributed by atoms with Crippen LogP contribution in [0.15, 0.2) is 36.7 Å². The lowest BCUT2D eigenvalue weighted by atomic mass is 10.0. The minimum Gasteiger partial charge on any atom is -0.384 e. The summed E-state index contributed by atoms with van der Waals surface area (Å²) in [6, 6.07) is 7.56. The average molecular weight is 248 g/mol. The third-order valence-electron chi connectivity index (χ3n) is 2.73. The molecule has 2 aromatic rings. The molecule has 2 nitrogen and oxygen atoms in total. The Labute approximate surface area is 106 Å². The number of rotatable bonds is 2. The maximum atomic E-state index is 10.3. The minimum atomic E-state index is -0.727. The summed E-state index contributed by atoms with van der Waals surface area (Å²) in [5, 5.41) is 10.9. The summed E-state index contributed by atoms with van der Waals surface area (Å²) in [4.78, 5) is 4.08. The molecule has 0 spiro atoms. The lowest BCUT2D eigenvalue weighted by molar-refractivity contribution is 0.220. The van der Waals surface area contributed by atoms with Crippen LogP contribution in [-0.2, 0) is 0 Å². The lowest BCUT2D eigenvalue weighted by Gasteiger charge is -2.14. The van der Waals surface area contributed by atoms with Crippen LogP contribution in [0.3, 0.4) is 0 Å². The van der Waals surface area contributed by atoms with E-state index in [4.69, 9.17) is 11.6 Å². The number of aliphatic hydroxyl groups is 1. The zero-order valence-corrected chi connectivity index (χ0v) is 10.6. The van der Waals surface area contributed by atoms with Crippen LogP contribution >= 0.6 is 11.6 Å². The molecule has 0 saturated carbocycles. The molecule has 88 valence electrons. The molecule has 0 fully saturated rings. The summed E-state index contributed by atoms with van der Waals surface area (Å²) in [6.07, 6.45) is 2.69. The first-order valence-electron chi connectivity index (χ1n) is 5.44. The van der Waals surface area contributed by atoms with Crippen molar-refractivity contribution in [1.29, 1.82) is 0 Å². The second kappa shape index (κ2) is 4.86. The van der Waals surface area contributed by atoms with Gasteiger partial charge in [-0.1, -0.05) is 35.9 Å². The molecule has 1 unspecified atom stereocenters. The number of hydrogen-bond acceptors (Lipinski definition) is 2. The third kappa shape index (κ3) is 2.48. The Bertz CT molecular complexity index is 539. The van der Waals surface area contributed by atoms with Gasteiger partial charge >= 0.3 is 0 Å². The first-order chi connectivity index (χ1) is 8.09. The molecule has 0 radical (unpaired) electrons. The van der Waals surface area contributed by atoms with Gasteiger partial charge in [0.15, 0.2) is 0 Å². The van der Waals surface area contributed by atoms with E-state index < -0.39 is 6.10 Å². The van der Waals surface area contributed by atoms with Crippen LogP contribution in [0.4, 0.5) is 0 Å². The number of benzene rings is 1. The number of pyridine rings is 1. The molecule has 1 aromatic carbocycles. The van der Waals surface area contributed by atoms with Crippen LogP contribution in [0, 0.1) is 13.8 Å².